The number of nitrogens with one attached hydrogen (secondary N) is 1. The van der Waals surface area contributed by atoms with E-state index < -0.39 is 10.0 Å². The largest absolute Gasteiger partial charge is 0.493 e. The topological polar surface area (TPSA) is 77.1 Å². The second-order valence-electron chi connectivity index (χ2n) is 9.10. The smallest absolute Gasteiger partial charge is 0.262 e. The fourth-order valence-corrected chi connectivity index (χ4v) is 5.72. The van der Waals surface area contributed by atoms with Gasteiger partial charge >= 0.3 is 0 Å². The van der Waals surface area contributed by atoms with Crippen molar-refractivity contribution in [3.63, 3.8) is 0 Å². The van der Waals surface area contributed by atoms with Gasteiger partial charge < -0.3 is 19.1 Å². The molecule has 1 atom stereocenters. The molecule has 0 saturated carbocycles. The quantitative estimate of drug-likeness (QED) is 0.360. The summed E-state index contributed by atoms with van der Waals surface area (Å²) < 4.78 is 47.1. The normalized spacial score (nSPS) is 15.9. The van der Waals surface area contributed by atoms with Gasteiger partial charge in [-0.15, -0.1) is 0 Å². The van der Waals surface area contributed by atoms with Crippen LogP contribution in [0.1, 0.15) is 18.9 Å². The molecule has 1 heterocycles. The van der Waals surface area contributed by atoms with Crippen molar-refractivity contribution in [3.8, 4) is 28.4 Å². The van der Waals surface area contributed by atoms with Crippen molar-refractivity contribution in [1.29, 1.82) is 0 Å². The number of benzene rings is 3. The van der Waals surface area contributed by atoms with Gasteiger partial charge in [0.05, 0.1) is 29.8 Å². The molecule has 1 aliphatic rings. The number of nitrogens with zero attached hydrogens (tertiary/aromatic N) is 1. The molecule has 0 bridgehead atoms. The minimum Gasteiger partial charge on any atom is -0.493 e. The molecule has 1 N–H and O–H groups in total. The average molecular weight is 543 g/mol. The van der Waals surface area contributed by atoms with Gasteiger partial charge in [0, 0.05) is 30.8 Å². The summed E-state index contributed by atoms with van der Waals surface area (Å²) in [4.78, 5) is 2.22. The van der Waals surface area contributed by atoms with Crippen LogP contribution in [0.25, 0.3) is 16.7 Å². The van der Waals surface area contributed by atoms with Crippen molar-refractivity contribution >= 4 is 32.9 Å². The maximum absolute atomic E-state index is 13.7. The van der Waals surface area contributed by atoms with Crippen molar-refractivity contribution in [2.24, 2.45) is 0 Å². The first-order valence-electron chi connectivity index (χ1n) is 11.8. The SMILES string of the molecule is C=C(C)c1ccc(-c2cc(OC)c(OC)cc2S(=O)(=O)Nc2ccc(Cl)c(O[C@@H]3CCN(C)C3)c2)cc1. The van der Waals surface area contributed by atoms with Crippen molar-refractivity contribution in [1.82, 2.24) is 4.90 Å². The van der Waals surface area contributed by atoms with Gasteiger partial charge in [-0.25, -0.2) is 8.42 Å². The van der Waals surface area contributed by atoms with Crippen LogP contribution in [0.3, 0.4) is 0 Å². The minimum absolute atomic E-state index is 0.00557. The monoisotopic (exact) mass is 542 g/mol. The number of halogens is 1. The van der Waals surface area contributed by atoms with E-state index in [-0.39, 0.29) is 11.0 Å². The maximum Gasteiger partial charge on any atom is 0.262 e. The number of anilines is 1. The highest BCUT2D eigenvalue weighted by atomic mass is 35.5. The summed E-state index contributed by atoms with van der Waals surface area (Å²) in [6.07, 6.45) is 0.871. The number of likely N-dealkylation sites (tertiary alicyclic amines) is 1. The van der Waals surface area contributed by atoms with Gasteiger partial charge in [0.25, 0.3) is 10.0 Å². The van der Waals surface area contributed by atoms with Crippen LogP contribution >= 0.6 is 11.6 Å². The Morgan fingerprint density at radius 1 is 1.03 bits per heavy atom. The van der Waals surface area contributed by atoms with Gasteiger partial charge in [-0.2, -0.15) is 0 Å². The highest BCUT2D eigenvalue weighted by molar-refractivity contribution is 7.92. The number of hydrogen-bond acceptors (Lipinski definition) is 6. The number of sulfonamides is 1. The Morgan fingerprint density at radius 3 is 2.30 bits per heavy atom. The van der Waals surface area contributed by atoms with E-state index in [9.17, 15) is 8.42 Å². The third-order valence-corrected chi connectivity index (χ3v) is 8.02. The van der Waals surface area contributed by atoms with Gasteiger partial charge in [0.1, 0.15) is 11.9 Å². The molecule has 0 aliphatic carbocycles. The lowest BCUT2D eigenvalue weighted by molar-refractivity contribution is 0.208. The Hall–Kier alpha value is -3.20. The highest BCUT2D eigenvalue weighted by Crippen LogP contribution is 2.39. The van der Waals surface area contributed by atoms with E-state index in [1.165, 1.54) is 20.3 Å². The zero-order valence-corrected chi connectivity index (χ0v) is 22.9. The molecule has 1 aliphatic heterocycles. The average Bonchev–Trinajstić information content (AvgIpc) is 3.29. The molecule has 0 aromatic heterocycles. The van der Waals surface area contributed by atoms with E-state index >= 15 is 0 Å². The summed E-state index contributed by atoms with van der Waals surface area (Å²) in [5.74, 6) is 1.16. The molecule has 1 saturated heterocycles. The molecule has 0 amide bonds. The number of ether oxygens (including phenoxy) is 3. The lowest BCUT2D eigenvalue weighted by Gasteiger charge is -2.18. The molecule has 7 nitrogen and oxygen atoms in total. The molecule has 196 valence electrons. The number of likely N-dealkylation sites (N-methyl/N-ethyl adjacent to an activating group) is 1. The number of rotatable bonds is 9. The molecule has 3 aromatic carbocycles. The molecule has 0 unspecified atom stereocenters. The van der Waals surface area contributed by atoms with Crippen molar-refractivity contribution in [2.45, 2.75) is 24.3 Å². The van der Waals surface area contributed by atoms with Gasteiger partial charge in [-0.05, 0) is 49.7 Å². The van der Waals surface area contributed by atoms with Crippen LogP contribution in [0, 0.1) is 0 Å². The van der Waals surface area contributed by atoms with Gasteiger partial charge in [0.2, 0.25) is 0 Å². The van der Waals surface area contributed by atoms with Gasteiger partial charge in [-0.1, -0.05) is 48.0 Å². The number of methoxy groups -OCH3 is 2. The van der Waals surface area contributed by atoms with Crippen LogP contribution in [0.2, 0.25) is 5.02 Å². The fourth-order valence-electron chi connectivity index (χ4n) is 4.28. The van der Waals surface area contributed by atoms with Crippen LogP contribution in [-0.2, 0) is 10.0 Å². The Bertz CT molecular complexity index is 1410. The van der Waals surface area contributed by atoms with E-state index in [1.807, 2.05) is 38.2 Å². The summed E-state index contributed by atoms with van der Waals surface area (Å²) in [5.41, 5.74) is 3.39. The van der Waals surface area contributed by atoms with E-state index in [1.54, 1.807) is 24.3 Å². The molecule has 9 heteroatoms. The highest BCUT2D eigenvalue weighted by Gasteiger charge is 2.25. The molecule has 3 aromatic rings. The number of allylic oxidation sites excluding steroid dienone is 1. The minimum atomic E-state index is -4.05. The summed E-state index contributed by atoms with van der Waals surface area (Å²) >= 11 is 6.36. The van der Waals surface area contributed by atoms with E-state index in [0.717, 1.165) is 30.6 Å². The number of hydrogen-bond donors (Lipinski definition) is 1. The maximum atomic E-state index is 13.7. The lowest BCUT2D eigenvalue weighted by atomic mass is 10.0. The van der Waals surface area contributed by atoms with Crippen molar-refractivity contribution < 1.29 is 22.6 Å². The zero-order valence-electron chi connectivity index (χ0n) is 21.4. The van der Waals surface area contributed by atoms with Crippen LogP contribution in [0.15, 0.2) is 66.1 Å². The fraction of sp³-hybridized carbons (Fsp3) is 0.286. The standard InChI is InChI=1S/C28H31ClN2O5S/c1-18(2)19-6-8-20(9-7-19)23-15-26(34-4)27(35-5)16-28(23)37(32,33)30-21-10-11-24(29)25(14-21)36-22-12-13-31(3)17-22/h6-11,14-16,22,30H,1,12-13,17H2,2-5H3/t22-/m1/s1. The van der Waals surface area contributed by atoms with Crippen molar-refractivity contribution in [3.05, 3.63) is 71.8 Å². The third kappa shape index (κ3) is 6.04. The van der Waals surface area contributed by atoms with Crippen LogP contribution in [0.4, 0.5) is 5.69 Å². The Labute approximate surface area is 223 Å². The first-order chi connectivity index (χ1) is 17.6. The summed E-state index contributed by atoms with van der Waals surface area (Å²) in [6.45, 7) is 7.60. The van der Waals surface area contributed by atoms with Gasteiger partial charge in [0.15, 0.2) is 11.5 Å². The molecule has 0 radical (unpaired) electrons. The summed E-state index contributed by atoms with van der Waals surface area (Å²) in [6, 6.07) is 15.5. The lowest BCUT2D eigenvalue weighted by Crippen LogP contribution is -2.21. The molecule has 4 rings (SSSR count). The Morgan fingerprint density at radius 2 is 1.70 bits per heavy atom. The molecular weight excluding hydrogens is 512 g/mol. The summed E-state index contributed by atoms with van der Waals surface area (Å²) in [7, 11) is 0.952. The molecule has 37 heavy (non-hydrogen) atoms. The van der Waals surface area contributed by atoms with Crippen LogP contribution in [-0.4, -0.2) is 53.8 Å². The van der Waals surface area contributed by atoms with E-state index in [4.69, 9.17) is 25.8 Å². The second-order valence-corrected chi connectivity index (χ2v) is 11.2. The predicted octanol–water partition coefficient (Wildman–Crippen LogP) is 5.94. The second kappa shape index (κ2) is 11.0. The molecular formula is C28H31ClN2O5S. The Kier molecular flexibility index (Phi) is 8.02. The third-order valence-electron chi connectivity index (χ3n) is 6.29. The summed E-state index contributed by atoms with van der Waals surface area (Å²) in [5, 5.41) is 0.418. The first kappa shape index (κ1) is 26.9. The Balaban J connectivity index is 1.72. The van der Waals surface area contributed by atoms with Crippen LogP contribution in [0.5, 0.6) is 17.2 Å². The van der Waals surface area contributed by atoms with Crippen molar-refractivity contribution in [2.75, 3.05) is 39.1 Å². The zero-order chi connectivity index (χ0) is 26.7. The predicted molar refractivity (Wildman–Crippen MR) is 148 cm³/mol. The first-order valence-corrected chi connectivity index (χ1v) is 13.7. The van der Waals surface area contributed by atoms with Gasteiger partial charge in [-0.3, -0.25) is 4.72 Å². The molecule has 1 fully saturated rings. The van der Waals surface area contributed by atoms with Crippen LogP contribution < -0.4 is 18.9 Å². The molecule has 0 spiro atoms. The van der Waals surface area contributed by atoms with E-state index in [2.05, 4.69) is 16.2 Å². The van der Waals surface area contributed by atoms with E-state index in [0.29, 0.717) is 39.1 Å².